The Bertz CT molecular complexity index is 2130. The Morgan fingerprint density at radius 1 is 0.950 bits per heavy atom. The number of phenolic OH excluding ortho intramolecular Hbond substituents is 1. The van der Waals surface area contributed by atoms with Crippen molar-refractivity contribution in [1.82, 2.24) is 15.7 Å². The van der Waals surface area contributed by atoms with Crippen molar-refractivity contribution < 1.29 is 53.2 Å². The smallest absolute Gasteiger partial charge is 0.327 e. The zero-order valence-electron chi connectivity index (χ0n) is 34.1. The molecule has 2 bridgehead atoms. The molecule has 2 aliphatic carbocycles. The maximum Gasteiger partial charge on any atom is 0.327 e. The van der Waals surface area contributed by atoms with Gasteiger partial charge in [-0.05, 0) is 67.5 Å². The molecule has 3 saturated heterocycles. The third kappa shape index (κ3) is 8.31. The number of rotatable bonds is 14. The topological polar surface area (TPSA) is 182 Å². The van der Waals surface area contributed by atoms with Gasteiger partial charge in [-0.15, -0.1) is 0 Å². The Labute approximate surface area is 349 Å². The van der Waals surface area contributed by atoms with Gasteiger partial charge in [-0.3, -0.25) is 24.0 Å². The minimum Gasteiger partial charge on any atom is -0.508 e. The molecule has 60 heavy (non-hydrogen) atoms. The van der Waals surface area contributed by atoms with Crippen molar-refractivity contribution >= 4 is 29.8 Å². The summed E-state index contributed by atoms with van der Waals surface area (Å²) < 4.78 is 25.1. The highest BCUT2D eigenvalue weighted by Gasteiger charge is 2.76. The van der Waals surface area contributed by atoms with Crippen LogP contribution in [0.3, 0.4) is 0 Å². The van der Waals surface area contributed by atoms with Gasteiger partial charge in [0.25, 0.3) is 0 Å². The summed E-state index contributed by atoms with van der Waals surface area (Å²) in [6.45, 7) is 4.99. The summed E-state index contributed by atoms with van der Waals surface area (Å²) in [7, 11) is 0. The van der Waals surface area contributed by atoms with Crippen LogP contribution in [-0.4, -0.2) is 100 Å². The number of hydroxylamine groups is 2. The third-order valence-electron chi connectivity index (χ3n) is 12.1. The highest BCUT2D eigenvalue weighted by molar-refractivity contribution is 5.94. The second-order valence-corrected chi connectivity index (χ2v) is 17.4. The van der Waals surface area contributed by atoms with Gasteiger partial charge in [-0.1, -0.05) is 78.9 Å². The second kappa shape index (κ2) is 16.7. The molecule has 4 N–H and O–H groups in total. The van der Waals surface area contributed by atoms with Gasteiger partial charge in [-0.25, -0.2) is 0 Å². The molecule has 14 heteroatoms. The van der Waals surface area contributed by atoms with Crippen molar-refractivity contribution in [2.24, 2.45) is 5.41 Å². The number of aromatic hydroxyl groups is 1. The van der Waals surface area contributed by atoms with Crippen LogP contribution >= 0.6 is 0 Å². The van der Waals surface area contributed by atoms with Crippen LogP contribution in [0, 0.1) is 5.41 Å². The van der Waals surface area contributed by atoms with E-state index >= 15 is 0 Å². The molecule has 7 unspecified atom stereocenters. The SMILES string of the molecule is CC(C)(C)OC(=O)CCC(CO)NC(=O)CCNC(=O)C12CC3OC(=O)C1N(Cc1ccccc1C=CCc1ccccc1O)OC2C1OC2(Cc4ccccc4C2)OC31. The Hall–Kier alpha value is -5.12. The van der Waals surface area contributed by atoms with Gasteiger partial charge in [0.1, 0.15) is 41.2 Å². The fraction of sp³-hybridized carbons (Fsp3) is 0.478. The molecule has 14 nitrogen and oxygen atoms in total. The summed E-state index contributed by atoms with van der Waals surface area (Å²) in [5, 5.41) is 27.4. The van der Waals surface area contributed by atoms with Gasteiger partial charge in [0.05, 0.1) is 19.2 Å². The van der Waals surface area contributed by atoms with Gasteiger partial charge in [0.2, 0.25) is 11.8 Å². The number of carbonyl (C=O) groups excluding carboxylic acids is 4. The Kier molecular flexibility index (Phi) is 11.6. The Morgan fingerprint density at radius 2 is 1.63 bits per heavy atom. The molecule has 3 aromatic carbocycles. The molecule has 3 aromatic rings. The molecule has 7 atom stereocenters. The predicted octanol–water partition coefficient (Wildman–Crippen LogP) is 3.83. The average molecular weight is 824 g/mol. The van der Waals surface area contributed by atoms with Crippen molar-refractivity contribution in [3.63, 3.8) is 0 Å². The fourth-order valence-corrected chi connectivity index (χ4v) is 9.41. The van der Waals surface area contributed by atoms with Crippen LogP contribution in [0.1, 0.15) is 74.3 Å². The van der Waals surface area contributed by atoms with Crippen molar-refractivity contribution in [2.75, 3.05) is 13.2 Å². The maximum absolute atomic E-state index is 14.8. The summed E-state index contributed by atoms with van der Waals surface area (Å²) >= 11 is 0. The van der Waals surface area contributed by atoms with E-state index in [4.69, 9.17) is 23.8 Å². The number of amides is 2. The Balaban J connectivity index is 1.01. The first-order valence-corrected chi connectivity index (χ1v) is 20.8. The lowest BCUT2D eigenvalue weighted by atomic mass is 9.62. The average Bonchev–Trinajstić information content (AvgIpc) is 3.88. The van der Waals surface area contributed by atoms with Gasteiger partial charge < -0.3 is 39.8 Å². The molecule has 2 amide bonds. The first kappa shape index (κ1) is 41.6. The minimum atomic E-state index is -1.45. The third-order valence-corrected chi connectivity index (χ3v) is 12.1. The molecule has 4 fully saturated rings. The van der Waals surface area contributed by atoms with Gasteiger partial charge in [0.15, 0.2) is 11.8 Å². The number of aliphatic hydroxyl groups excluding tert-OH is 1. The monoisotopic (exact) mass is 823 g/mol. The number of nitrogens with one attached hydrogen (secondary N) is 2. The van der Waals surface area contributed by atoms with Crippen molar-refractivity contribution in [2.45, 2.75) is 120 Å². The lowest BCUT2D eigenvalue weighted by Crippen LogP contribution is -2.69. The van der Waals surface area contributed by atoms with Crippen molar-refractivity contribution in [1.29, 1.82) is 0 Å². The largest absolute Gasteiger partial charge is 0.508 e. The Morgan fingerprint density at radius 3 is 2.35 bits per heavy atom. The van der Waals surface area contributed by atoms with E-state index in [-0.39, 0.29) is 51.1 Å². The number of hydrogen-bond donors (Lipinski definition) is 4. The molecule has 0 aromatic heterocycles. The predicted molar refractivity (Wildman–Crippen MR) is 216 cm³/mol. The van der Waals surface area contributed by atoms with Crippen LogP contribution in [0.15, 0.2) is 78.9 Å². The summed E-state index contributed by atoms with van der Waals surface area (Å²) in [4.78, 5) is 61.0. The number of phenols is 1. The van der Waals surface area contributed by atoms with E-state index in [2.05, 4.69) is 10.6 Å². The van der Waals surface area contributed by atoms with Crippen LogP contribution in [0.4, 0.5) is 0 Å². The summed E-state index contributed by atoms with van der Waals surface area (Å²) in [5.74, 6) is -2.73. The molecule has 318 valence electrons. The van der Waals surface area contributed by atoms with E-state index in [1.165, 1.54) is 0 Å². The maximum atomic E-state index is 14.8. The molecule has 0 radical (unpaired) electrons. The highest BCUT2D eigenvalue weighted by Crippen LogP contribution is 2.58. The molecule has 5 aliphatic rings. The number of esters is 2. The molecule has 1 spiro atoms. The van der Waals surface area contributed by atoms with Crippen LogP contribution in [0.25, 0.3) is 6.08 Å². The highest BCUT2D eigenvalue weighted by atomic mass is 16.8. The lowest BCUT2D eigenvalue weighted by molar-refractivity contribution is -0.217. The van der Waals surface area contributed by atoms with Gasteiger partial charge >= 0.3 is 11.9 Å². The van der Waals surface area contributed by atoms with E-state index in [9.17, 15) is 29.4 Å². The molecule has 3 heterocycles. The van der Waals surface area contributed by atoms with Crippen LogP contribution < -0.4 is 10.6 Å². The first-order chi connectivity index (χ1) is 28.8. The van der Waals surface area contributed by atoms with Crippen LogP contribution in [-0.2, 0) is 68.8 Å². The van der Waals surface area contributed by atoms with E-state index in [1.54, 1.807) is 38.0 Å². The standard InChI is InChI=1S/C46H53N3O11/c1-44(2,3)57-37(53)20-19-33(27-50)48-36(52)21-22-47-43(55)46-25-35-38-39(59-45(58-38)23-30-13-5-6-14-31(30)24-45)41(46)60-49(40(46)42(54)56-35)26-32-15-7-4-11-28(32)16-10-17-29-12-8-9-18-34(29)51/h4-16,18,33,35,38-41,50-51H,17,19-27H2,1-3H3,(H,47,55)(H,48,52). The quantitative estimate of drug-likeness (QED) is 0.173. The summed E-state index contributed by atoms with van der Waals surface area (Å²) in [6.07, 6.45) is 2.46. The number of benzene rings is 3. The van der Waals surface area contributed by atoms with E-state index in [1.807, 2.05) is 72.8 Å². The number of ether oxygens (including phenoxy) is 4. The number of para-hydroxylation sites is 1. The zero-order valence-corrected chi connectivity index (χ0v) is 34.1. The number of nitrogens with zero attached hydrogens (tertiary/aromatic N) is 1. The molecule has 1 saturated carbocycles. The molecular formula is C46H53N3O11. The summed E-state index contributed by atoms with van der Waals surface area (Å²) in [5.41, 5.74) is 2.59. The molecule has 8 rings (SSSR count). The first-order valence-electron chi connectivity index (χ1n) is 20.8. The normalized spacial score (nSPS) is 26.7. The molecule has 3 aliphatic heterocycles. The number of fused-ring (bicyclic) bond motifs is 5. The van der Waals surface area contributed by atoms with E-state index in [0.717, 1.165) is 27.8 Å². The van der Waals surface area contributed by atoms with Crippen molar-refractivity contribution in [3.05, 3.63) is 107 Å². The van der Waals surface area contributed by atoms with Gasteiger partial charge in [-0.2, -0.15) is 5.06 Å². The van der Waals surface area contributed by atoms with Crippen LogP contribution in [0.2, 0.25) is 0 Å². The second-order valence-electron chi connectivity index (χ2n) is 17.4. The van der Waals surface area contributed by atoms with Crippen molar-refractivity contribution in [3.8, 4) is 5.75 Å². The lowest BCUT2D eigenvalue weighted by Gasteiger charge is -2.48. The van der Waals surface area contributed by atoms with E-state index in [0.29, 0.717) is 19.3 Å². The number of carbonyl (C=O) groups is 4. The number of hydrogen-bond acceptors (Lipinski definition) is 12. The number of aliphatic hydroxyl groups is 1. The van der Waals surface area contributed by atoms with Crippen LogP contribution in [0.5, 0.6) is 5.75 Å². The number of allylic oxidation sites excluding steroid dienone is 1. The molecular weight excluding hydrogens is 771 g/mol. The van der Waals surface area contributed by atoms with E-state index < -0.39 is 77.1 Å². The van der Waals surface area contributed by atoms with Gasteiger partial charge in [0, 0.05) is 38.6 Å². The zero-order chi connectivity index (χ0) is 42.2. The fourth-order valence-electron chi connectivity index (χ4n) is 9.41. The minimum absolute atomic E-state index is 0.0128. The summed E-state index contributed by atoms with van der Waals surface area (Å²) in [6, 6.07) is 21.1.